The maximum Gasteiger partial charge on any atom is 0.331 e. The molecule has 1 aliphatic heterocycles. The monoisotopic (exact) mass is 674 g/mol. The molecule has 0 saturated heterocycles. The fourth-order valence-electron chi connectivity index (χ4n) is 7.58. The summed E-state index contributed by atoms with van der Waals surface area (Å²) < 4.78 is 15.6. The van der Waals surface area contributed by atoms with Crippen molar-refractivity contribution in [2.24, 2.45) is 4.99 Å². The number of hydrogen-bond acceptors (Lipinski definition) is 5. The number of rotatable bonds is 4. The molecule has 0 aliphatic carbocycles. The molecule has 0 bridgehead atoms. The lowest BCUT2D eigenvalue weighted by atomic mass is 10.00. The van der Waals surface area contributed by atoms with Crippen LogP contribution in [-0.4, -0.2) is 11.7 Å². The average Bonchev–Trinajstić information content (AvgIpc) is 3.89. The zero-order chi connectivity index (χ0) is 33.5. The van der Waals surface area contributed by atoms with E-state index >= 15 is 0 Å². The van der Waals surface area contributed by atoms with E-state index in [1.165, 1.54) is 20.2 Å². The van der Waals surface area contributed by atoms with Crippen LogP contribution in [0.5, 0.6) is 0 Å². The highest BCUT2D eigenvalue weighted by atomic mass is 32.1. The Hall–Kier alpha value is -6.50. The number of nitrogens with zero attached hydrogens (tertiary/aromatic N) is 1. The quantitative estimate of drug-likeness (QED) is 0.195. The number of thiophene rings is 1. The van der Waals surface area contributed by atoms with Crippen molar-refractivity contribution < 1.29 is 13.8 Å². The summed E-state index contributed by atoms with van der Waals surface area (Å²) in [5.41, 5.74) is 8.60. The van der Waals surface area contributed by atoms with E-state index in [1.807, 2.05) is 41.7 Å². The molecular weight excluding hydrogens is 647 g/mol. The number of benzene rings is 7. The number of amidine groups is 2. The molecule has 7 aromatic carbocycles. The van der Waals surface area contributed by atoms with Crippen molar-refractivity contribution in [2.75, 3.05) is 0 Å². The smallest absolute Gasteiger partial charge is 0.331 e. The highest BCUT2D eigenvalue weighted by Crippen LogP contribution is 2.39. The molecule has 0 radical (unpaired) electrons. The zero-order valence-electron chi connectivity index (χ0n) is 27.2. The second-order valence-electron chi connectivity index (χ2n) is 13.0. The molecule has 1 atom stereocenters. The number of para-hydroxylation sites is 3. The van der Waals surface area contributed by atoms with Gasteiger partial charge in [0.25, 0.3) is 5.84 Å². The third kappa shape index (κ3) is 4.47. The van der Waals surface area contributed by atoms with Crippen molar-refractivity contribution in [3.63, 3.8) is 0 Å². The van der Waals surface area contributed by atoms with Gasteiger partial charge in [-0.2, -0.15) is 0 Å². The van der Waals surface area contributed by atoms with Gasteiger partial charge in [-0.25, -0.2) is 4.99 Å². The van der Waals surface area contributed by atoms with Gasteiger partial charge in [0.05, 0.1) is 0 Å². The molecule has 0 amide bonds. The van der Waals surface area contributed by atoms with Gasteiger partial charge in [-0.05, 0) is 65.2 Å². The Morgan fingerprint density at radius 3 is 2.08 bits per heavy atom. The van der Waals surface area contributed by atoms with E-state index in [0.29, 0.717) is 0 Å². The van der Waals surface area contributed by atoms with E-state index in [0.717, 1.165) is 83.4 Å². The molecule has 2 N–H and O–H groups in total. The van der Waals surface area contributed by atoms with Crippen LogP contribution in [0.3, 0.4) is 0 Å². The van der Waals surface area contributed by atoms with Gasteiger partial charge in [0.2, 0.25) is 0 Å². The van der Waals surface area contributed by atoms with E-state index in [9.17, 15) is 0 Å². The van der Waals surface area contributed by atoms with Gasteiger partial charge in [0, 0.05) is 58.4 Å². The van der Waals surface area contributed by atoms with Crippen LogP contribution >= 0.6 is 11.3 Å². The number of fused-ring (bicyclic) bond motifs is 9. The minimum absolute atomic E-state index is 0.216. The van der Waals surface area contributed by atoms with Crippen LogP contribution in [0.15, 0.2) is 165 Å². The molecule has 4 heterocycles. The fourth-order valence-corrected chi connectivity index (χ4v) is 8.67. The first-order valence-electron chi connectivity index (χ1n) is 17.1. The molecule has 1 aliphatic rings. The summed E-state index contributed by atoms with van der Waals surface area (Å²) in [5.74, 6) is 1.56. The van der Waals surface area contributed by atoms with Gasteiger partial charge >= 0.3 is 5.84 Å². The van der Waals surface area contributed by atoms with Crippen molar-refractivity contribution in [3.05, 3.63) is 168 Å². The van der Waals surface area contributed by atoms with Gasteiger partial charge in [0.1, 0.15) is 22.3 Å². The van der Waals surface area contributed by atoms with E-state index in [1.54, 1.807) is 0 Å². The predicted octanol–water partition coefficient (Wildman–Crippen LogP) is 10.1. The maximum absolute atomic E-state index is 6.67. The molecule has 1 unspecified atom stereocenters. The summed E-state index contributed by atoms with van der Waals surface area (Å²) in [5, 5.41) is 10.6. The van der Waals surface area contributed by atoms with Gasteiger partial charge in [-0.15, -0.1) is 11.3 Å². The normalized spacial score (nSPS) is 14.9. The van der Waals surface area contributed by atoms with E-state index < -0.39 is 0 Å². The molecule has 0 saturated carbocycles. The number of hydrogen-bond donors (Lipinski definition) is 2. The highest BCUT2D eigenvalue weighted by Gasteiger charge is 2.30. The minimum atomic E-state index is -0.216. The molecule has 240 valence electrons. The van der Waals surface area contributed by atoms with E-state index in [2.05, 4.69) is 132 Å². The topological polar surface area (TPSA) is 64.6 Å². The van der Waals surface area contributed by atoms with Crippen molar-refractivity contribution in [1.82, 2.24) is 5.32 Å². The Balaban J connectivity index is 1.07. The van der Waals surface area contributed by atoms with Crippen LogP contribution in [0.4, 0.5) is 0 Å². The van der Waals surface area contributed by atoms with Gasteiger partial charge in [0.15, 0.2) is 11.7 Å². The standard InChI is InChI=1S/C45H27N3O2S/c1-2-10-26(11-3-1)43-46-44(28-21-23-40-36(25-28)31-13-5-7-19-39(31)51-40)48-45(47-43)34-17-9-16-33-35-24-27(20-22-38(35)50-42(33)34)29-14-8-15-32-30-12-4-6-18-37(30)49-41(29)32/h1-25,44H,(H,46,47,48)/p+1. The molecule has 0 spiro atoms. The van der Waals surface area contributed by atoms with E-state index in [-0.39, 0.29) is 6.17 Å². The minimum Gasteiger partial charge on any atom is -0.455 e. The molecule has 51 heavy (non-hydrogen) atoms. The van der Waals surface area contributed by atoms with Crippen LogP contribution in [0.25, 0.3) is 75.2 Å². The third-order valence-electron chi connectivity index (χ3n) is 10.0. The van der Waals surface area contributed by atoms with Gasteiger partial charge < -0.3 is 14.2 Å². The van der Waals surface area contributed by atoms with Gasteiger partial charge in [-0.1, -0.05) is 97.1 Å². The van der Waals surface area contributed by atoms with Crippen LogP contribution in [-0.2, 0) is 0 Å². The number of nitrogens with one attached hydrogen (secondary N) is 2. The van der Waals surface area contributed by atoms with Crippen LogP contribution in [0, 0.1) is 0 Å². The largest absolute Gasteiger partial charge is 0.455 e. The summed E-state index contributed by atoms with van der Waals surface area (Å²) in [6.45, 7) is 0. The summed E-state index contributed by atoms with van der Waals surface area (Å²) >= 11 is 1.83. The van der Waals surface area contributed by atoms with Crippen LogP contribution in [0.2, 0.25) is 0 Å². The van der Waals surface area contributed by atoms with Crippen molar-refractivity contribution in [2.45, 2.75) is 6.17 Å². The lowest BCUT2D eigenvalue weighted by Crippen LogP contribution is -2.80. The molecule has 3 aromatic heterocycles. The second-order valence-corrected chi connectivity index (χ2v) is 14.1. The fraction of sp³-hybridized carbons (Fsp3) is 0.0222. The summed E-state index contributed by atoms with van der Waals surface area (Å²) in [6, 6.07) is 52.9. The Morgan fingerprint density at radius 1 is 0.510 bits per heavy atom. The summed E-state index contributed by atoms with van der Waals surface area (Å²) in [6.07, 6.45) is -0.216. The van der Waals surface area contributed by atoms with Crippen molar-refractivity contribution in [1.29, 1.82) is 0 Å². The molecule has 11 rings (SSSR count). The third-order valence-corrected chi connectivity index (χ3v) is 11.2. The van der Waals surface area contributed by atoms with Crippen molar-refractivity contribution in [3.8, 4) is 11.1 Å². The first-order valence-corrected chi connectivity index (χ1v) is 17.9. The Labute approximate surface area is 295 Å². The van der Waals surface area contributed by atoms with Crippen molar-refractivity contribution >= 4 is 87.1 Å². The second kappa shape index (κ2) is 11.0. The highest BCUT2D eigenvalue weighted by molar-refractivity contribution is 7.25. The lowest BCUT2D eigenvalue weighted by molar-refractivity contribution is -0.516. The number of furan rings is 2. The Kier molecular flexibility index (Phi) is 6.12. The Bertz CT molecular complexity index is 3070. The SMILES string of the molecule is c1ccc(C2=NC(c3cccc4c3oc3ccc(-c5cccc6c5oc5ccccc56)cc34)=[NH+]C(c3ccc4sc5ccccc5c4c3)N2)cc1. The van der Waals surface area contributed by atoms with E-state index in [4.69, 9.17) is 13.8 Å². The Morgan fingerprint density at radius 2 is 1.20 bits per heavy atom. The van der Waals surface area contributed by atoms with Crippen LogP contribution in [0.1, 0.15) is 22.9 Å². The summed E-state index contributed by atoms with van der Waals surface area (Å²) in [4.78, 5) is 8.93. The maximum atomic E-state index is 6.67. The van der Waals surface area contributed by atoms with Crippen LogP contribution < -0.4 is 10.3 Å². The first-order chi connectivity index (χ1) is 25.2. The predicted molar refractivity (Wildman–Crippen MR) is 210 cm³/mol. The zero-order valence-corrected chi connectivity index (χ0v) is 28.0. The number of aliphatic imine (C=N–C) groups is 1. The molecular formula is C45H28N3O2S+. The first kappa shape index (κ1) is 28.3. The molecule has 5 nitrogen and oxygen atoms in total. The summed E-state index contributed by atoms with van der Waals surface area (Å²) in [7, 11) is 0. The molecule has 0 fully saturated rings. The lowest BCUT2D eigenvalue weighted by Gasteiger charge is -2.18. The van der Waals surface area contributed by atoms with Gasteiger partial charge in [-0.3, -0.25) is 0 Å². The molecule has 10 aromatic rings. The molecule has 6 heteroatoms. The average molecular weight is 675 g/mol.